The van der Waals surface area contributed by atoms with Crippen molar-refractivity contribution in [1.29, 1.82) is 0 Å². The molecule has 1 aliphatic heterocycles. The first-order valence-corrected chi connectivity index (χ1v) is 8.33. The minimum Gasteiger partial charge on any atom is -0.378 e. The summed E-state index contributed by atoms with van der Waals surface area (Å²) in [6, 6.07) is 0. The normalized spacial score (nSPS) is 25.6. The van der Waals surface area contributed by atoms with Gasteiger partial charge in [0.15, 0.2) is 0 Å². The van der Waals surface area contributed by atoms with Crippen LogP contribution in [0.2, 0.25) is 0 Å². The molecule has 20 heavy (non-hydrogen) atoms. The number of hydrogen-bond donors (Lipinski definition) is 1. The fourth-order valence-electron chi connectivity index (χ4n) is 3.29. The second kappa shape index (κ2) is 8.63. The van der Waals surface area contributed by atoms with E-state index in [0.717, 1.165) is 45.5 Å². The molecule has 0 aromatic rings. The zero-order chi connectivity index (χ0) is 14.2. The average molecular weight is 282 g/mol. The van der Waals surface area contributed by atoms with Crippen LogP contribution < -0.4 is 5.32 Å². The standard InChI is InChI=1S/C16H30N2O2/c1-18-11-5-7-14(13-18)16(19)17-10-6-12-20-15-8-3-2-4-9-15/h14-15H,2-13H2,1H3,(H,17,19)/t14-/m1/s1. The molecule has 4 nitrogen and oxygen atoms in total. The Hall–Kier alpha value is -0.610. The van der Waals surface area contributed by atoms with Gasteiger partial charge >= 0.3 is 0 Å². The van der Waals surface area contributed by atoms with E-state index in [2.05, 4.69) is 17.3 Å². The molecule has 2 rings (SSSR count). The molecule has 1 N–H and O–H groups in total. The van der Waals surface area contributed by atoms with Crippen molar-refractivity contribution in [3.8, 4) is 0 Å². The summed E-state index contributed by atoms with van der Waals surface area (Å²) in [5.74, 6) is 0.419. The van der Waals surface area contributed by atoms with Crippen LogP contribution in [0.3, 0.4) is 0 Å². The highest BCUT2D eigenvalue weighted by molar-refractivity contribution is 5.78. The molecule has 0 bridgehead atoms. The monoisotopic (exact) mass is 282 g/mol. The molecule has 0 radical (unpaired) electrons. The summed E-state index contributed by atoms with van der Waals surface area (Å²) in [4.78, 5) is 14.3. The van der Waals surface area contributed by atoms with Crippen LogP contribution in [0.4, 0.5) is 0 Å². The first kappa shape index (κ1) is 15.8. The number of hydrogen-bond acceptors (Lipinski definition) is 3. The van der Waals surface area contributed by atoms with E-state index >= 15 is 0 Å². The van der Waals surface area contributed by atoms with Gasteiger partial charge in [0.05, 0.1) is 12.0 Å². The predicted molar refractivity (Wildman–Crippen MR) is 80.7 cm³/mol. The third-order valence-electron chi connectivity index (χ3n) is 4.52. The van der Waals surface area contributed by atoms with Gasteiger partial charge in [-0.05, 0) is 45.7 Å². The van der Waals surface area contributed by atoms with Crippen molar-refractivity contribution in [2.45, 2.75) is 57.5 Å². The summed E-state index contributed by atoms with van der Waals surface area (Å²) in [5.41, 5.74) is 0. The maximum Gasteiger partial charge on any atom is 0.224 e. The van der Waals surface area contributed by atoms with Crippen LogP contribution in [0.15, 0.2) is 0 Å². The topological polar surface area (TPSA) is 41.6 Å². The molecule has 1 atom stereocenters. The molecule has 2 aliphatic rings. The highest BCUT2D eigenvalue weighted by Crippen LogP contribution is 2.20. The van der Waals surface area contributed by atoms with Gasteiger partial charge in [-0.3, -0.25) is 4.79 Å². The number of piperidine rings is 1. The van der Waals surface area contributed by atoms with E-state index < -0.39 is 0 Å². The number of carbonyl (C=O) groups excluding carboxylic acids is 1. The average Bonchev–Trinajstić information content (AvgIpc) is 2.48. The zero-order valence-electron chi connectivity index (χ0n) is 12.9. The molecule has 1 aliphatic carbocycles. The second-order valence-electron chi connectivity index (χ2n) is 6.38. The first-order valence-electron chi connectivity index (χ1n) is 8.33. The van der Waals surface area contributed by atoms with Gasteiger partial charge in [0, 0.05) is 19.7 Å². The van der Waals surface area contributed by atoms with E-state index in [1.54, 1.807) is 0 Å². The maximum atomic E-state index is 12.0. The SMILES string of the molecule is CN1CCC[C@@H](C(=O)NCCCOC2CCCCC2)C1. The van der Waals surface area contributed by atoms with Gasteiger partial charge < -0.3 is 15.0 Å². The van der Waals surface area contributed by atoms with Crippen molar-refractivity contribution in [1.82, 2.24) is 10.2 Å². The Labute approximate surface area is 123 Å². The Balaban J connectivity index is 1.50. The molecule has 2 fully saturated rings. The summed E-state index contributed by atoms with van der Waals surface area (Å²) in [6.45, 7) is 3.57. The zero-order valence-corrected chi connectivity index (χ0v) is 12.9. The number of ether oxygens (including phenoxy) is 1. The van der Waals surface area contributed by atoms with Gasteiger partial charge in [-0.1, -0.05) is 19.3 Å². The first-order chi connectivity index (χ1) is 9.75. The van der Waals surface area contributed by atoms with Gasteiger partial charge in [0.1, 0.15) is 0 Å². The van der Waals surface area contributed by atoms with Gasteiger partial charge in [0.25, 0.3) is 0 Å². The Morgan fingerprint density at radius 1 is 1.20 bits per heavy atom. The van der Waals surface area contributed by atoms with Crippen LogP contribution in [-0.4, -0.2) is 50.2 Å². The molecular weight excluding hydrogens is 252 g/mol. The molecule has 0 unspecified atom stereocenters. The van der Waals surface area contributed by atoms with Crippen molar-refractivity contribution in [3.05, 3.63) is 0 Å². The van der Waals surface area contributed by atoms with Crippen LogP contribution in [0.5, 0.6) is 0 Å². The van der Waals surface area contributed by atoms with Crippen molar-refractivity contribution >= 4 is 5.91 Å². The van der Waals surface area contributed by atoms with Crippen LogP contribution in [-0.2, 0) is 9.53 Å². The quantitative estimate of drug-likeness (QED) is 0.759. The lowest BCUT2D eigenvalue weighted by atomic mass is 9.97. The van der Waals surface area contributed by atoms with E-state index in [0.29, 0.717) is 6.10 Å². The predicted octanol–water partition coefficient (Wildman–Crippen LogP) is 2.18. The number of rotatable bonds is 6. The second-order valence-corrected chi connectivity index (χ2v) is 6.38. The van der Waals surface area contributed by atoms with Crippen LogP contribution >= 0.6 is 0 Å². The highest BCUT2D eigenvalue weighted by atomic mass is 16.5. The van der Waals surface area contributed by atoms with Crippen LogP contribution in [0.1, 0.15) is 51.4 Å². The number of nitrogens with zero attached hydrogens (tertiary/aromatic N) is 1. The molecule has 1 heterocycles. The van der Waals surface area contributed by atoms with Crippen LogP contribution in [0, 0.1) is 5.92 Å². The summed E-state index contributed by atoms with van der Waals surface area (Å²) in [6.07, 6.45) is 10.0. The van der Waals surface area contributed by atoms with Gasteiger partial charge in [-0.2, -0.15) is 0 Å². The molecule has 1 saturated carbocycles. The number of likely N-dealkylation sites (tertiary alicyclic amines) is 1. The van der Waals surface area contributed by atoms with E-state index in [-0.39, 0.29) is 11.8 Å². The minimum atomic E-state index is 0.188. The van der Waals surface area contributed by atoms with Gasteiger partial charge in [-0.25, -0.2) is 0 Å². The Morgan fingerprint density at radius 3 is 2.75 bits per heavy atom. The third-order valence-corrected chi connectivity index (χ3v) is 4.52. The highest BCUT2D eigenvalue weighted by Gasteiger charge is 2.23. The molecule has 1 amide bonds. The number of amides is 1. The van der Waals surface area contributed by atoms with Crippen molar-refractivity contribution in [2.75, 3.05) is 33.3 Å². The van der Waals surface area contributed by atoms with Crippen LogP contribution in [0.25, 0.3) is 0 Å². The van der Waals surface area contributed by atoms with E-state index in [4.69, 9.17) is 4.74 Å². The molecule has 116 valence electrons. The molecule has 1 saturated heterocycles. The number of nitrogens with one attached hydrogen (secondary N) is 1. The molecule has 0 aromatic carbocycles. The van der Waals surface area contributed by atoms with E-state index in [1.807, 2.05) is 0 Å². The Kier molecular flexibility index (Phi) is 6.80. The van der Waals surface area contributed by atoms with Crippen molar-refractivity contribution < 1.29 is 9.53 Å². The van der Waals surface area contributed by atoms with Gasteiger partial charge in [-0.15, -0.1) is 0 Å². The molecule has 0 spiro atoms. The van der Waals surface area contributed by atoms with Crippen molar-refractivity contribution in [3.63, 3.8) is 0 Å². The fraction of sp³-hybridized carbons (Fsp3) is 0.938. The third kappa shape index (κ3) is 5.41. The largest absolute Gasteiger partial charge is 0.378 e. The summed E-state index contributed by atoms with van der Waals surface area (Å²) < 4.78 is 5.87. The minimum absolute atomic E-state index is 0.188. The van der Waals surface area contributed by atoms with Gasteiger partial charge in [0.2, 0.25) is 5.91 Å². The molecular formula is C16H30N2O2. The Morgan fingerprint density at radius 2 is 2.00 bits per heavy atom. The Bertz CT molecular complexity index is 290. The van der Waals surface area contributed by atoms with E-state index in [9.17, 15) is 4.79 Å². The lowest BCUT2D eigenvalue weighted by molar-refractivity contribution is -0.126. The lowest BCUT2D eigenvalue weighted by Gasteiger charge is -2.28. The summed E-state index contributed by atoms with van der Waals surface area (Å²) in [5, 5.41) is 3.07. The fourth-order valence-corrected chi connectivity index (χ4v) is 3.29. The lowest BCUT2D eigenvalue weighted by Crippen LogP contribution is -2.41. The molecule has 4 heteroatoms. The maximum absolute atomic E-state index is 12.0. The number of carbonyl (C=O) groups is 1. The van der Waals surface area contributed by atoms with E-state index in [1.165, 1.54) is 32.1 Å². The smallest absolute Gasteiger partial charge is 0.224 e. The molecule has 0 aromatic heterocycles. The summed E-state index contributed by atoms with van der Waals surface area (Å²) >= 11 is 0. The van der Waals surface area contributed by atoms with Crippen molar-refractivity contribution in [2.24, 2.45) is 5.92 Å². The summed E-state index contributed by atoms with van der Waals surface area (Å²) in [7, 11) is 2.09.